The van der Waals surface area contributed by atoms with Crippen molar-refractivity contribution in [2.24, 2.45) is 0 Å². The third kappa shape index (κ3) is 3.30. The Bertz CT molecular complexity index is 746. The van der Waals surface area contributed by atoms with Gasteiger partial charge in [-0.05, 0) is 34.0 Å². The highest BCUT2D eigenvalue weighted by Gasteiger charge is 2.38. The molecule has 0 fully saturated rings. The maximum absolute atomic E-state index is 12.7. The third-order valence-electron chi connectivity index (χ3n) is 3.83. The molecule has 1 aliphatic heterocycles. The molecule has 0 bridgehead atoms. The monoisotopic (exact) mass is 394 g/mol. The van der Waals surface area contributed by atoms with Crippen LogP contribution in [-0.2, 0) is 27.2 Å². The molecular formula is C16H15BrN2O3S. The number of thiazole rings is 1. The van der Waals surface area contributed by atoms with E-state index in [1.54, 1.807) is 11.1 Å². The van der Waals surface area contributed by atoms with Crippen molar-refractivity contribution in [2.75, 3.05) is 12.0 Å². The first-order chi connectivity index (χ1) is 11.1. The van der Waals surface area contributed by atoms with E-state index in [1.807, 2.05) is 24.3 Å². The summed E-state index contributed by atoms with van der Waals surface area (Å²) in [7, 11) is 1.35. The fourth-order valence-corrected chi connectivity index (χ4v) is 4.13. The summed E-state index contributed by atoms with van der Waals surface area (Å²) in [6.07, 6.45) is 3.20. The van der Waals surface area contributed by atoms with Crippen molar-refractivity contribution in [2.45, 2.75) is 25.3 Å². The van der Waals surface area contributed by atoms with Crippen LogP contribution in [0, 0.1) is 0 Å². The van der Waals surface area contributed by atoms with E-state index >= 15 is 0 Å². The number of benzene rings is 1. The summed E-state index contributed by atoms with van der Waals surface area (Å²) >= 11 is 4.83. The van der Waals surface area contributed by atoms with Gasteiger partial charge in [0.05, 0.1) is 7.11 Å². The summed E-state index contributed by atoms with van der Waals surface area (Å²) in [5.41, 5.74) is 1.80. The molecule has 1 aromatic carbocycles. The van der Waals surface area contributed by atoms with Crippen molar-refractivity contribution < 1.29 is 14.3 Å². The number of nitrogens with zero attached hydrogens (tertiary/aromatic N) is 2. The summed E-state index contributed by atoms with van der Waals surface area (Å²) in [6.45, 7) is 0. The van der Waals surface area contributed by atoms with Crippen molar-refractivity contribution >= 4 is 44.8 Å². The zero-order valence-corrected chi connectivity index (χ0v) is 14.9. The molecule has 1 atom stereocenters. The second-order valence-corrected chi connectivity index (χ2v) is 7.61. The molecule has 5 nitrogen and oxygen atoms in total. The zero-order valence-electron chi connectivity index (χ0n) is 12.5. The highest BCUT2D eigenvalue weighted by atomic mass is 79.9. The summed E-state index contributed by atoms with van der Waals surface area (Å²) in [4.78, 5) is 31.5. The van der Waals surface area contributed by atoms with Crippen molar-refractivity contribution in [3.05, 3.63) is 44.8 Å². The number of hydrogen-bond donors (Lipinski definition) is 0. The number of carbonyl (C=O) groups is 2. The molecular weight excluding hydrogens is 380 g/mol. The second kappa shape index (κ2) is 6.80. The number of amides is 1. The quantitative estimate of drug-likeness (QED) is 0.747. The molecule has 1 aromatic heterocycles. The lowest BCUT2D eigenvalue weighted by atomic mass is 10.1. The van der Waals surface area contributed by atoms with Gasteiger partial charge in [0.25, 0.3) is 0 Å². The van der Waals surface area contributed by atoms with Crippen LogP contribution in [0.15, 0.2) is 34.4 Å². The van der Waals surface area contributed by atoms with Gasteiger partial charge in [0.1, 0.15) is 6.04 Å². The second-order valence-electron chi connectivity index (χ2n) is 5.22. The van der Waals surface area contributed by atoms with Gasteiger partial charge in [-0.25, -0.2) is 9.78 Å². The van der Waals surface area contributed by atoms with Gasteiger partial charge in [0, 0.05) is 29.6 Å². The molecule has 0 radical (unpaired) electrons. The van der Waals surface area contributed by atoms with Crippen molar-refractivity contribution in [3.63, 3.8) is 0 Å². The van der Waals surface area contributed by atoms with Crippen molar-refractivity contribution in [3.8, 4) is 0 Å². The lowest BCUT2D eigenvalue weighted by molar-refractivity contribution is -0.143. The smallest absolute Gasteiger partial charge is 0.329 e. The van der Waals surface area contributed by atoms with Gasteiger partial charge >= 0.3 is 5.97 Å². The topological polar surface area (TPSA) is 59.5 Å². The molecule has 0 aliphatic carbocycles. The molecule has 2 aromatic rings. The van der Waals surface area contributed by atoms with E-state index in [1.165, 1.54) is 18.4 Å². The number of halogens is 1. The summed E-state index contributed by atoms with van der Waals surface area (Å²) < 4.78 is 5.67. The Labute approximate surface area is 146 Å². The Morgan fingerprint density at radius 3 is 2.91 bits per heavy atom. The van der Waals surface area contributed by atoms with E-state index in [-0.39, 0.29) is 11.9 Å². The number of esters is 1. The number of methoxy groups -OCH3 is 1. The highest BCUT2D eigenvalue weighted by molar-refractivity contribution is 9.11. The van der Waals surface area contributed by atoms with E-state index in [9.17, 15) is 9.59 Å². The average Bonchev–Trinajstić information content (AvgIpc) is 3.15. The predicted octanol–water partition coefficient (Wildman–Crippen LogP) is 2.97. The fraction of sp³-hybridized carbons (Fsp3) is 0.312. The number of rotatable bonds is 4. The average molecular weight is 395 g/mol. The Hall–Kier alpha value is -1.73. The number of hydrogen-bond acceptors (Lipinski definition) is 5. The summed E-state index contributed by atoms with van der Waals surface area (Å²) in [5.74, 6) is -0.454. The predicted molar refractivity (Wildman–Crippen MR) is 91.6 cm³/mol. The van der Waals surface area contributed by atoms with Crippen LogP contribution in [0.2, 0.25) is 0 Å². The van der Waals surface area contributed by atoms with Gasteiger partial charge in [0.15, 0.2) is 3.92 Å². The molecule has 0 spiro atoms. The zero-order chi connectivity index (χ0) is 16.4. The van der Waals surface area contributed by atoms with Crippen LogP contribution in [0.5, 0.6) is 0 Å². The molecule has 1 aliphatic rings. The molecule has 0 saturated carbocycles. The van der Waals surface area contributed by atoms with E-state index < -0.39 is 6.04 Å². The minimum Gasteiger partial charge on any atom is -0.467 e. The Morgan fingerprint density at radius 1 is 1.43 bits per heavy atom. The summed E-state index contributed by atoms with van der Waals surface area (Å²) in [6, 6.07) is 7.03. The first kappa shape index (κ1) is 16.1. The van der Waals surface area contributed by atoms with E-state index in [0.717, 1.165) is 20.0 Å². The first-order valence-corrected chi connectivity index (χ1v) is 8.79. The summed E-state index contributed by atoms with van der Waals surface area (Å²) in [5, 5.41) is 0. The van der Waals surface area contributed by atoms with Crippen LogP contribution >= 0.6 is 27.3 Å². The first-order valence-electron chi connectivity index (χ1n) is 7.18. The number of aromatic nitrogens is 1. The molecule has 120 valence electrons. The van der Waals surface area contributed by atoms with Crippen molar-refractivity contribution in [1.29, 1.82) is 0 Å². The third-order valence-corrected chi connectivity index (χ3v) is 5.36. The number of anilines is 1. The minimum absolute atomic E-state index is 0.0742. The van der Waals surface area contributed by atoms with Gasteiger partial charge in [-0.1, -0.05) is 18.2 Å². The van der Waals surface area contributed by atoms with Gasteiger partial charge in [-0.2, -0.15) is 0 Å². The van der Waals surface area contributed by atoms with Crippen LogP contribution in [0.3, 0.4) is 0 Å². The molecule has 23 heavy (non-hydrogen) atoms. The van der Waals surface area contributed by atoms with E-state index in [4.69, 9.17) is 4.74 Å². The molecule has 0 saturated heterocycles. The van der Waals surface area contributed by atoms with Gasteiger partial charge in [-0.15, -0.1) is 11.3 Å². The standard InChI is InChI=1S/C16H15BrN2O3S/c1-22-15(21)13-8-10-4-2-3-5-12(10)19(13)14(20)7-6-11-9-18-16(17)23-11/h2-5,9,13H,6-8H2,1H3. The number of ether oxygens (including phenoxy) is 1. The molecule has 0 N–H and O–H groups in total. The SMILES string of the molecule is COC(=O)C1Cc2ccccc2N1C(=O)CCc1cnc(Br)s1. The molecule has 7 heteroatoms. The number of fused-ring (bicyclic) bond motifs is 1. The number of para-hydroxylation sites is 1. The van der Waals surface area contributed by atoms with Crippen LogP contribution in [-0.4, -0.2) is 30.0 Å². The highest BCUT2D eigenvalue weighted by Crippen LogP contribution is 2.33. The van der Waals surface area contributed by atoms with Crippen LogP contribution in [0.1, 0.15) is 16.9 Å². The van der Waals surface area contributed by atoms with Crippen LogP contribution < -0.4 is 4.90 Å². The Kier molecular flexibility index (Phi) is 4.77. The van der Waals surface area contributed by atoms with E-state index in [0.29, 0.717) is 19.3 Å². The van der Waals surface area contributed by atoms with Gasteiger partial charge in [-0.3, -0.25) is 9.69 Å². The van der Waals surface area contributed by atoms with Crippen LogP contribution in [0.4, 0.5) is 5.69 Å². The fourth-order valence-electron chi connectivity index (χ4n) is 2.77. The normalized spacial score (nSPS) is 16.3. The van der Waals surface area contributed by atoms with Crippen molar-refractivity contribution in [1.82, 2.24) is 4.98 Å². The maximum atomic E-state index is 12.7. The molecule has 1 unspecified atom stereocenters. The number of carbonyl (C=O) groups excluding carboxylic acids is 2. The van der Waals surface area contributed by atoms with Gasteiger partial charge in [0.2, 0.25) is 5.91 Å². The lowest BCUT2D eigenvalue weighted by Gasteiger charge is -2.23. The van der Waals surface area contributed by atoms with Gasteiger partial charge < -0.3 is 4.74 Å². The Balaban J connectivity index is 1.79. The van der Waals surface area contributed by atoms with E-state index in [2.05, 4.69) is 20.9 Å². The largest absolute Gasteiger partial charge is 0.467 e. The molecule has 1 amide bonds. The number of aryl methyl sites for hydroxylation is 1. The minimum atomic E-state index is -0.571. The maximum Gasteiger partial charge on any atom is 0.329 e. The Morgan fingerprint density at radius 2 is 2.22 bits per heavy atom. The van der Waals surface area contributed by atoms with Crippen LogP contribution in [0.25, 0.3) is 0 Å². The lowest BCUT2D eigenvalue weighted by Crippen LogP contribution is -2.43. The molecule has 2 heterocycles. The molecule has 3 rings (SSSR count).